The van der Waals surface area contributed by atoms with E-state index < -0.39 is 10.0 Å². The fourth-order valence-corrected chi connectivity index (χ4v) is 7.00. The highest BCUT2D eigenvalue weighted by atomic mass is 32.2. The monoisotopic (exact) mass is 530 g/mol. The highest BCUT2D eigenvalue weighted by Gasteiger charge is 2.25. The Morgan fingerprint density at radius 2 is 1.75 bits per heavy atom. The zero-order chi connectivity index (χ0) is 25.7. The van der Waals surface area contributed by atoms with Gasteiger partial charge in [0.15, 0.2) is 5.16 Å². The Balaban J connectivity index is 1.75. The first-order valence-electron chi connectivity index (χ1n) is 12.5. The quantitative estimate of drug-likeness (QED) is 0.377. The van der Waals surface area contributed by atoms with E-state index in [0.29, 0.717) is 29.5 Å². The lowest BCUT2D eigenvalue weighted by Gasteiger charge is -2.20. The normalized spacial score (nSPS) is 14.8. The number of rotatable bonds is 9. The van der Waals surface area contributed by atoms with Crippen molar-refractivity contribution in [1.29, 1.82) is 0 Å². The van der Waals surface area contributed by atoms with E-state index in [1.54, 1.807) is 25.3 Å². The molecule has 2 heterocycles. The van der Waals surface area contributed by atoms with Crippen molar-refractivity contribution < 1.29 is 17.9 Å². The molecule has 0 bridgehead atoms. The van der Waals surface area contributed by atoms with Crippen molar-refractivity contribution in [2.75, 3.05) is 39.0 Å². The van der Waals surface area contributed by atoms with E-state index in [-0.39, 0.29) is 16.6 Å². The maximum absolute atomic E-state index is 13.1. The molecule has 8 nitrogen and oxygen atoms in total. The van der Waals surface area contributed by atoms with Crippen LogP contribution < -0.4 is 4.74 Å². The summed E-state index contributed by atoms with van der Waals surface area (Å²) >= 11 is 1.37. The number of aromatic nitrogens is 2. The van der Waals surface area contributed by atoms with Crippen molar-refractivity contribution in [3.63, 3.8) is 0 Å². The number of hydrogen-bond donors (Lipinski definition) is 0. The second-order valence-corrected chi connectivity index (χ2v) is 11.6. The fraction of sp³-hybridized carbons (Fsp3) is 0.462. The van der Waals surface area contributed by atoms with Gasteiger partial charge in [0.05, 0.1) is 34.5 Å². The Labute approximate surface area is 217 Å². The topological polar surface area (TPSA) is 84.7 Å². The van der Waals surface area contributed by atoms with E-state index in [2.05, 4.69) is 0 Å². The Kier molecular flexibility index (Phi) is 8.58. The number of carbonyl (C=O) groups is 1. The molecule has 194 valence electrons. The van der Waals surface area contributed by atoms with Crippen molar-refractivity contribution in [3.05, 3.63) is 42.5 Å². The first-order valence-corrected chi connectivity index (χ1v) is 14.9. The molecule has 0 atom stereocenters. The van der Waals surface area contributed by atoms with Crippen molar-refractivity contribution in [1.82, 2.24) is 18.8 Å². The van der Waals surface area contributed by atoms with Crippen LogP contribution in [0.4, 0.5) is 0 Å². The van der Waals surface area contributed by atoms with Gasteiger partial charge in [-0.05, 0) is 43.2 Å². The summed E-state index contributed by atoms with van der Waals surface area (Å²) in [7, 11) is -2.01. The molecular formula is C26H34N4O4S2. The SMILES string of the molecule is CCN(CC)S(=O)(=O)c1ccc2c(c1)nc(SCC(=O)N1CCCCCC1)n2-c1ccccc1OC. The smallest absolute Gasteiger partial charge is 0.243 e. The number of thioether (sulfide) groups is 1. The van der Waals surface area contributed by atoms with Crippen molar-refractivity contribution in [2.45, 2.75) is 49.6 Å². The third-order valence-corrected chi connectivity index (χ3v) is 9.52. The lowest BCUT2D eigenvalue weighted by atomic mass is 10.2. The van der Waals surface area contributed by atoms with Crippen LogP contribution in [0.25, 0.3) is 16.7 Å². The predicted octanol–water partition coefficient (Wildman–Crippen LogP) is 4.56. The lowest BCUT2D eigenvalue weighted by molar-refractivity contribution is -0.128. The lowest BCUT2D eigenvalue weighted by Crippen LogP contribution is -2.33. The van der Waals surface area contributed by atoms with E-state index in [4.69, 9.17) is 9.72 Å². The summed E-state index contributed by atoms with van der Waals surface area (Å²) in [5.41, 5.74) is 2.09. The number of amides is 1. The molecule has 0 saturated carbocycles. The molecule has 1 aliphatic rings. The number of para-hydroxylation sites is 2. The van der Waals surface area contributed by atoms with E-state index in [1.807, 2.05) is 47.6 Å². The van der Waals surface area contributed by atoms with Gasteiger partial charge in [-0.2, -0.15) is 4.31 Å². The van der Waals surface area contributed by atoms with Crippen LogP contribution in [0.5, 0.6) is 5.75 Å². The van der Waals surface area contributed by atoms with Gasteiger partial charge in [-0.1, -0.05) is 50.6 Å². The molecule has 1 amide bonds. The number of methoxy groups -OCH3 is 1. The molecule has 1 saturated heterocycles. The molecule has 1 fully saturated rings. The van der Waals surface area contributed by atoms with E-state index >= 15 is 0 Å². The third kappa shape index (κ3) is 5.40. The van der Waals surface area contributed by atoms with Crippen LogP contribution in [0, 0.1) is 0 Å². The van der Waals surface area contributed by atoms with Crippen molar-refractivity contribution >= 4 is 38.7 Å². The van der Waals surface area contributed by atoms with Gasteiger partial charge < -0.3 is 9.64 Å². The molecule has 0 radical (unpaired) electrons. The molecule has 0 aliphatic carbocycles. The van der Waals surface area contributed by atoms with Gasteiger partial charge in [-0.3, -0.25) is 9.36 Å². The summed E-state index contributed by atoms with van der Waals surface area (Å²) in [6, 6.07) is 12.6. The first-order chi connectivity index (χ1) is 17.4. The third-order valence-electron chi connectivity index (χ3n) is 6.55. The number of ether oxygens (including phenoxy) is 1. The highest BCUT2D eigenvalue weighted by Crippen LogP contribution is 2.34. The molecule has 2 aromatic carbocycles. The maximum atomic E-state index is 13.1. The largest absolute Gasteiger partial charge is 0.495 e. The van der Waals surface area contributed by atoms with Gasteiger partial charge in [0.2, 0.25) is 15.9 Å². The zero-order valence-electron chi connectivity index (χ0n) is 21.1. The standard InChI is InChI=1S/C26H34N4O4S2/c1-4-29(5-2)36(32,33)20-14-15-22-21(18-20)27-26(30(22)23-12-8-9-13-24(23)34-3)35-19-25(31)28-16-10-6-7-11-17-28/h8-9,12-15,18H,4-7,10-11,16-17,19H2,1-3H3. The second kappa shape index (κ2) is 11.7. The van der Waals surface area contributed by atoms with Crippen LogP contribution in [0.3, 0.4) is 0 Å². The number of carbonyl (C=O) groups excluding carboxylic acids is 1. The van der Waals surface area contributed by atoms with E-state index in [9.17, 15) is 13.2 Å². The minimum atomic E-state index is -3.63. The molecule has 0 N–H and O–H groups in total. The van der Waals surface area contributed by atoms with Gasteiger partial charge in [-0.25, -0.2) is 13.4 Å². The molecule has 3 aromatic rings. The molecular weight excluding hydrogens is 496 g/mol. The molecule has 0 unspecified atom stereocenters. The summed E-state index contributed by atoms with van der Waals surface area (Å²) in [5.74, 6) is 1.03. The Morgan fingerprint density at radius 1 is 1.06 bits per heavy atom. The van der Waals surface area contributed by atoms with Crippen molar-refractivity contribution in [3.8, 4) is 11.4 Å². The summed E-state index contributed by atoms with van der Waals surface area (Å²) in [4.78, 5) is 20.0. The van der Waals surface area contributed by atoms with Crippen LogP contribution in [0.2, 0.25) is 0 Å². The molecule has 36 heavy (non-hydrogen) atoms. The number of hydrogen-bond acceptors (Lipinski definition) is 6. The van der Waals surface area contributed by atoms with Gasteiger partial charge in [0.1, 0.15) is 5.75 Å². The Hall–Kier alpha value is -2.56. The Morgan fingerprint density at radius 3 is 2.42 bits per heavy atom. The predicted molar refractivity (Wildman–Crippen MR) is 144 cm³/mol. The van der Waals surface area contributed by atoms with Gasteiger partial charge in [0, 0.05) is 26.2 Å². The average molecular weight is 531 g/mol. The van der Waals surface area contributed by atoms with Gasteiger partial charge in [0.25, 0.3) is 0 Å². The number of imidazole rings is 1. The minimum Gasteiger partial charge on any atom is -0.495 e. The molecule has 10 heteroatoms. The zero-order valence-corrected chi connectivity index (χ0v) is 22.8. The molecule has 4 rings (SSSR count). The minimum absolute atomic E-state index is 0.102. The fourth-order valence-electron chi connectivity index (χ4n) is 4.59. The summed E-state index contributed by atoms with van der Waals surface area (Å²) < 4.78 is 35.3. The summed E-state index contributed by atoms with van der Waals surface area (Å²) in [6.45, 7) is 6.04. The van der Waals surface area contributed by atoms with Gasteiger partial charge >= 0.3 is 0 Å². The van der Waals surface area contributed by atoms with E-state index in [0.717, 1.165) is 37.1 Å². The molecule has 1 aromatic heterocycles. The number of fused-ring (bicyclic) bond motifs is 1. The average Bonchev–Trinajstić information content (AvgIpc) is 3.03. The van der Waals surface area contributed by atoms with Crippen LogP contribution in [-0.4, -0.2) is 72.1 Å². The van der Waals surface area contributed by atoms with Gasteiger partial charge in [-0.15, -0.1) is 0 Å². The number of sulfonamides is 1. The first kappa shape index (κ1) is 26.5. The van der Waals surface area contributed by atoms with Crippen molar-refractivity contribution in [2.24, 2.45) is 0 Å². The Bertz CT molecular complexity index is 1310. The number of nitrogens with zero attached hydrogens (tertiary/aromatic N) is 4. The maximum Gasteiger partial charge on any atom is 0.243 e. The number of likely N-dealkylation sites (tertiary alicyclic amines) is 1. The van der Waals surface area contributed by atoms with Crippen LogP contribution >= 0.6 is 11.8 Å². The second-order valence-electron chi connectivity index (χ2n) is 8.73. The number of benzene rings is 2. The van der Waals surface area contributed by atoms with Crippen LogP contribution in [-0.2, 0) is 14.8 Å². The molecule has 0 spiro atoms. The van der Waals surface area contributed by atoms with Crippen LogP contribution in [0.15, 0.2) is 52.5 Å². The summed E-state index contributed by atoms with van der Waals surface area (Å²) in [6.07, 6.45) is 4.42. The van der Waals surface area contributed by atoms with Crippen LogP contribution in [0.1, 0.15) is 39.5 Å². The van der Waals surface area contributed by atoms with E-state index in [1.165, 1.54) is 28.9 Å². The molecule has 1 aliphatic heterocycles. The summed E-state index contributed by atoms with van der Waals surface area (Å²) in [5, 5.41) is 0.620. The highest BCUT2D eigenvalue weighted by molar-refractivity contribution is 7.99.